The van der Waals surface area contributed by atoms with Gasteiger partial charge < -0.3 is 9.64 Å². The summed E-state index contributed by atoms with van der Waals surface area (Å²) in [5.74, 6) is -0.839. The number of ether oxygens (including phenoxy) is 1. The molecular weight excluding hydrogens is 526 g/mol. The minimum absolute atomic E-state index is 0.135. The van der Waals surface area contributed by atoms with Gasteiger partial charge in [0.2, 0.25) is 5.91 Å². The molecule has 0 radical (unpaired) electrons. The van der Waals surface area contributed by atoms with E-state index < -0.39 is 47.5 Å². The Labute approximate surface area is 220 Å². The normalized spacial score (nSPS) is 18.2. The molecular formula is C27H22F6N4O2. The van der Waals surface area contributed by atoms with E-state index in [1.807, 2.05) is 0 Å². The maximum Gasteiger partial charge on any atom is 0.573 e. The van der Waals surface area contributed by atoms with E-state index in [9.17, 15) is 31.1 Å². The van der Waals surface area contributed by atoms with E-state index >= 15 is 0 Å². The fourth-order valence-electron chi connectivity index (χ4n) is 4.52. The minimum Gasteiger partial charge on any atom is -0.406 e. The van der Waals surface area contributed by atoms with Gasteiger partial charge in [0.25, 0.3) is 0 Å². The molecule has 1 aliphatic rings. The number of aromatic nitrogens is 1. The Morgan fingerprint density at radius 2 is 1.72 bits per heavy atom. The molecule has 2 atom stereocenters. The quantitative estimate of drug-likeness (QED) is 0.268. The van der Waals surface area contributed by atoms with Crippen LogP contribution in [0.4, 0.5) is 37.7 Å². The zero-order valence-electron chi connectivity index (χ0n) is 20.6. The second-order valence-corrected chi connectivity index (χ2v) is 9.46. The average molecular weight is 548 g/mol. The van der Waals surface area contributed by atoms with E-state index in [0.717, 1.165) is 18.3 Å². The van der Waals surface area contributed by atoms with Crippen molar-refractivity contribution in [2.45, 2.75) is 50.4 Å². The van der Waals surface area contributed by atoms with Gasteiger partial charge >= 0.3 is 12.5 Å². The van der Waals surface area contributed by atoms with E-state index in [0.29, 0.717) is 22.5 Å². The van der Waals surface area contributed by atoms with Gasteiger partial charge in [-0.2, -0.15) is 13.2 Å². The molecule has 0 aliphatic carbocycles. The first-order valence-electron chi connectivity index (χ1n) is 11.7. The molecule has 0 unspecified atom stereocenters. The van der Waals surface area contributed by atoms with Crippen molar-refractivity contribution in [3.63, 3.8) is 0 Å². The third-order valence-electron chi connectivity index (χ3n) is 6.35. The van der Waals surface area contributed by atoms with E-state index in [2.05, 4.69) is 19.9 Å². The van der Waals surface area contributed by atoms with Gasteiger partial charge in [0.1, 0.15) is 11.4 Å². The maximum atomic E-state index is 13.7. The molecule has 3 aromatic rings. The number of nitrogens with one attached hydrogen (secondary N) is 1. The Kier molecular flexibility index (Phi) is 7.32. The van der Waals surface area contributed by atoms with Gasteiger partial charge in [0, 0.05) is 17.4 Å². The summed E-state index contributed by atoms with van der Waals surface area (Å²) < 4.78 is 81.4. The molecule has 39 heavy (non-hydrogen) atoms. The Morgan fingerprint density at radius 1 is 1.03 bits per heavy atom. The zero-order chi connectivity index (χ0) is 28.6. The monoisotopic (exact) mass is 548 g/mol. The van der Waals surface area contributed by atoms with Crippen LogP contribution in [0.5, 0.6) is 5.75 Å². The Hall–Kier alpha value is -4.11. The van der Waals surface area contributed by atoms with E-state index in [1.54, 1.807) is 32.0 Å². The summed E-state index contributed by atoms with van der Waals surface area (Å²) in [7, 11) is 0. The average Bonchev–Trinajstić information content (AvgIpc) is 3.18. The zero-order valence-corrected chi connectivity index (χ0v) is 20.6. The number of nitrogens with zero attached hydrogens (tertiary/aromatic N) is 3. The smallest absolute Gasteiger partial charge is 0.406 e. The largest absolute Gasteiger partial charge is 0.573 e. The molecule has 204 valence electrons. The number of alkyl halides is 6. The summed E-state index contributed by atoms with van der Waals surface area (Å²) in [4.78, 5) is 21.9. The second kappa shape index (κ2) is 10.2. The number of pyridine rings is 1. The van der Waals surface area contributed by atoms with E-state index in [-0.39, 0.29) is 6.42 Å². The van der Waals surface area contributed by atoms with Gasteiger partial charge in [-0.05, 0) is 61.7 Å². The first-order valence-corrected chi connectivity index (χ1v) is 11.7. The van der Waals surface area contributed by atoms with Crippen molar-refractivity contribution in [2.75, 3.05) is 4.90 Å². The van der Waals surface area contributed by atoms with Crippen molar-refractivity contribution >= 4 is 17.3 Å². The van der Waals surface area contributed by atoms with E-state index in [4.69, 9.17) is 6.57 Å². The van der Waals surface area contributed by atoms with Crippen molar-refractivity contribution < 1.29 is 35.9 Å². The molecule has 1 fully saturated rings. The number of carbonyl (C=O) groups is 1. The van der Waals surface area contributed by atoms with Crippen LogP contribution in [0, 0.1) is 6.57 Å². The highest BCUT2D eigenvalue weighted by Crippen LogP contribution is 2.40. The van der Waals surface area contributed by atoms with Crippen LogP contribution >= 0.6 is 0 Å². The fraction of sp³-hybridized carbons (Fsp3) is 0.296. The predicted molar refractivity (Wildman–Crippen MR) is 130 cm³/mol. The van der Waals surface area contributed by atoms with Crippen molar-refractivity contribution in [1.29, 1.82) is 0 Å². The summed E-state index contributed by atoms with van der Waals surface area (Å²) in [5, 5.41) is 3.18. The second-order valence-electron chi connectivity index (χ2n) is 9.46. The van der Waals surface area contributed by atoms with Crippen molar-refractivity contribution in [3.05, 3.63) is 95.1 Å². The van der Waals surface area contributed by atoms with Crippen LogP contribution in [-0.4, -0.2) is 23.3 Å². The number of anilines is 1. The third kappa shape index (κ3) is 6.31. The standard InChI is InChI=1S/C27H22F6N4O2/c1-25(2,17-7-12-23(35-15-17)26(28,29)30)36-21-14-22(16-5-4-6-20(13-16)39-27(31,32)33)37(24(21)38)19-10-8-18(34-3)9-11-19/h4-13,15,21-22,36H,14H2,1-2H3/t21-,22-/m1/s1. The summed E-state index contributed by atoms with van der Waals surface area (Å²) in [6.07, 6.45) is -8.27. The van der Waals surface area contributed by atoms with Crippen LogP contribution in [0.15, 0.2) is 66.9 Å². The number of rotatable bonds is 6. The predicted octanol–water partition coefficient (Wildman–Crippen LogP) is 6.92. The number of hydrogen-bond donors (Lipinski definition) is 1. The Balaban J connectivity index is 1.67. The molecule has 0 bridgehead atoms. The maximum absolute atomic E-state index is 13.7. The van der Waals surface area contributed by atoms with Gasteiger partial charge in [-0.25, -0.2) is 4.85 Å². The number of amides is 1. The lowest BCUT2D eigenvalue weighted by Crippen LogP contribution is -2.47. The van der Waals surface area contributed by atoms with E-state index in [1.165, 1.54) is 35.2 Å². The first kappa shape index (κ1) is 27.9. The molecule has 4 rings (SSSR count). The van der Waals surface area contributed by atoms with Crippen LogP contribution in [0.3, 0.4) is 0 Å². The molecule has 2 heterocycles. The summed E-state index contributed by atoms with van der Waals surface area (Å²) >= 11 is 0. The van der Waals surface area contributed by atoms with Crippen LogP contribution in [0.1, 0.15) is 43.1 Å². The molecule has 1 aromatic heterocycles. The molecule has 2 aromatic carbocycles. The van der Waals surface area contributed by atoms with Crippen LogP contribution < -0.4 is 15.0 Å². The lowest BCUT2D eigenvalue weighted by molar-refractivity contribution is -0.274. The molecule has 1 amide bonds. The molecule has 1 saturated heterocycles. The van der Waals surface area contributed by atoms with Crippen molar-refractivity contribution in [2.24, 2.45) is 0 Å². The summed E-state index contributed by atoms with van der Waals surface area (Å²) in [5.41, 5.74) is -0.481. The van der Waals surface area contributed by atoms with Gasteiger partial charge in [0.15, 0.2) is 5.69 Å². The van der Waals surface area contributed by atoms with Gasteiger partial charge in [0.05, 0.1) is 18.7 Å². The number of hydrogen-bond acceptors (Lipinski definition) is 4. The number of halogens is 6. The van der Waals surface area contributed by atoms with Gasteiger partial charge in [-0.15, -0.1) is 13.2 Å². The summed E-state index contributed by atoms with van der Waals surface area (Å²) in [6, 6.07) is 12.1. The van der Waals surface area contributed by atoms with Gasteiger partial charge in [-0.3, -0.25) is 15.1 Å². The molecule has 1 aliphatic heterocycles. The molecule has 0 saturated carbocycles. The van der Waals surface area contributed by atoms with Crippen LogP contribution in [0.2, 0.25) is 0 Å². The Bertz CT molecular complexity index is 1380. The summed E-state index contributed by atoms with van der Waals surface area (Å²) in [6.45, 7) is 10.5. The number of benzene rings is 2. The highest BCUT2D eigenvalue weighted by atomic mass is 19.4. The molecule has 1 N–H and O–H groups in total. The highest BCUT2D eigenvalue weighted by molar-refractivity contribution is 6.00. The molecule has 0 spiro atoms. The first-order chi connectivity index (χ1) is 18.2. The highest BCUT2D eigenvalue weighted by Gasteiger charge is 2.44. The van der Waals surface area contributed by atoms with Crippen molar-refractivity contribution in [1.82, 2.24) is 10.3 Å². The van der Waals surface area contributed by atoms with Crippen LogP contribution in [-0.2, 0) is 16.5 Å². The Morgan fingerprint density at radius 3 is 2.28 bits per heavy atom. The molecule has 12 heteroatoms. The van der Waals surface area contributed by atoms with Gasteiger partial charge in [-0.1, -0.05) is 30.3 Å². The van der Waals surface area contributed by atoms with Crippen LogP contribution in [0.25, 0.3) is 4.85 Å². The topological polar surface area (TPSA) is 58.8 Å². The number of carbonyl (C=O) groups excluding carboxylic acids is 1. The van der Waals surface area contributed by atoms with Crippen molar-refractivity contribution in [3.8, 4) is 5.75 Å². The molecule has 6 nitrogen and oxygen atoms in total. The third-order valence-corrected chi connectivity index (χ3v) is 6.35. The lowest BCUT2D eigenvalue weighted by Gasteiger charge is -2.30. The minimum atomic E-state index is -4.90. The fourth-order valence-corrected chi connectivity index (χ4v) is 4.52. The SMILES string of the molecule is [C-]#[N+]c1ccc(N2C(=O)[C@H](NC(C)(C)c3ccc(C(F)(F)F)nc3)C[C@@H]2c2cccc(OC(F)(F)F)c2)cc1. The lowest BCUT2D eigenvalue weighted by atomic mass is 9.93.